The Kier molecular flexibility index (Phi) is 5.15. The van der Waals surface area contributed by atoms with E-state index in [2.05, 4.69) is 4.74 Å². The highest BCUT2D eigenvalue weighted by Crippen LogP contribution is 2.33. The molecule has 2 rings (SSSR count). The number of amides is 1. The summed E-state index contributed by atoms with van der Waals surface area (Å²) < 4.78 is 34.2. The molecular weight excluding hydrogens is 312 g/mol. The molecule has 23 heavy (non-hydrogen) atoms. The van der Waals surface area contributed by atoms with Crippen LogP contribution in [-0.4, -0.2) is 55.3 Å². The van der Waals surface area contributed by atoms with Crippen LogP contribution in [0.25, 0.3) is 0 Å². The molecule has 0 aliphatic carbocycles. The van der Waals surface area contributed by atoms with Crippen molar-refractivity contribution in [1.29, 1.82) is 0 Å². The molecule has 1 aromatic carbocycles. The minimum Gasteiger partial charge on any atom is -0.481 e. The zero-order valence-corrected chi connectivity index (χ0v) is 12.5. The van der Waals surface area contributed by atoms with E-state index < -0.39 is 23.9 Å². The normalized spacial score (nSPS) is 20.8. The van der Waals surface area contributed by atoms with E-state index in [1.165, 1.54) is 36.3 Å². The monoisotopic (exact) mass is 329 g/mol. The lowest BCUT2D eigenvalue weighted by Crippen LogP contribution is -2.40. The highest BCUT2D eigenvalue weighted by Gasteiger charge is 2.46. The third-order valence-corrected chi connectivity index (χ3v) is 3.85. The molecule has 0 radical (unpaired) electrons. The molecule has 1 fully saturated rings. The molecular formula is C15H17F2NO5. The summed E-state index contributed by atoms with van der Waals surface area (Å²) in [6.07, 6.45) is 0.236. The van der Waals surface area contributed by atoms with Crippen LogP contribution in [-0.2, 0) is 9.53 Å². The quantitative estimate of drug-likeness (QED) is 0.862. The molecule has 126 valence electrons. The van der Waals surface area contributed by atoms with Crippen LogP contribution in [0.1, 0.15) is 16.8 Å². The number of carboxylic acid groups (broad SMARTS) is 1. The molecule has 1 heterocycles. The number of methoxy groups -OCH3 is 1. The fourth-order valence-electron chi connectivity index (χ4n) is 2.69. The lowest BCUT2D eigenvalue weighted by molar-refractivity contribution is -0.151. The second-order valence-electron chi connectivity index (χ2n) is 5.37. The zero-order chi connectivity index (χ0) is 17.0. The third-order valence-electron chi connectivity index (χ3n) is 3.85. The Morgan fingerprint density at radius 3 is 2.70 bits per heavy atom. The smallest absolute Gasteiger partial charge is 0.387 e. The number of aliphatic carboxylic acids is 1. The largest absolute Gasteiger partial charge is 0.481 e. The van der Waals surface area contributed by atoms with Crippen molar-refractivity contribution in [3.63, 3.8) is 0 Å². The zero-order valence-electron chi connectivity index (χ0n) is 12.5. The van der Waals surface area contributed by atoms with Gasteiger partial charge in [0.05, 0.1) is 12.2 Å². The van der Waals surface area contributed by atoms with Gasteiger partial charge in [-0.2, -0.15) is 8.78 Å². The Bertz CT molecular complexity index is 595. The van der Waals surface area contributed by atoms with E-state index in [-0.39, 0.29) is 37.4 Å². The van der Waals surface area contributed by atoms with Crippen LogP contribution >= 0.6 is 0 Å². The Balaban J connectivity index is 2.21. The summed E-state index contributed by atoms with van der Waals surface area (Å²) in [6, 6.07) is 5.65. The first-order chi connectivity index (χ1) is 10.9. The summed E-state index contributed by atoms with van der Waals surface area (Å²) in [5.74, 6) is -1.82. The van der Waals surface area contributed by atoms with Gasteiger partial charge in [0.1, 0.15) is 11.2 Å². The molecule has 1 N–H and O–H groups in total. The van der Waals surface area contributed by atoms with E-state index in [1.54, 1.807) is 0 Å². The average Bonchev–Trinajstić information content (AvgIpc) is 2.92. The van der Waals surface area contributed by atoms with Gasteiger partial charge in [0.15, 0.2) is 0 Å². The maximum Gasteiger partial charge on any atom is 0.387 e. The number of hydrogen-bond acceptors (Lipinski definition) is 4. The van der Waals surface area contributed by atoms with Crippen LogP contribution in [0.5, 0.6) is 5.75 Å². The van der Waals surface area contributed by atoms with Gasteiger partial charge in [-0.05, 0) is 18.6 Å². The molecule has 1 amide bonds. The van der Waals surface area contributed by atoms with Crippen molar-refractivity contribution in [2.24, 2.45) is 5.41 Å². The number of rotatable bonds is 6. The standard InChI is InChI=1S/C15H17F2NO5/c1-22-9-15(13(20)21)6-7-18(8-15)12(19)10-4-2-3-5-11(10)23-14(16)17/h2-5,14H,6-9H2,1H3,(H,20,21). The fraction of sp³-hybridized carbons (Fsp3) is 0.467. The van der Waals surface area contributed by atoms with Crippen molar-refractivity contribution in [2.45, 2.75) is 13.0 Å². The van der Waals surface area contributed by atoms with Gasteiger partial charge in [-0.15, -0.1) is 0 Å². The number of ether oxygens (including phenoxy) is 2. The maximum absolute atomic E-state index is 12.5. The van der Waals surface area contributed by atoms with Crippen molar-refractivity contribution >= 4 is 11.9 Å². The van der Waals surface area contributed by atoms with Crippen molar-refractivity contribution < 1.29 is 33.0 Å². The SMILES string of the molecule is COCC1(C(=O)O)CCN(C(=O)c2ccccc2OC(F)F)C1. The summed E-state index contributed by atoms with van der Waals surface area (Å²) >= 11 is 0. The number of halogens is 2. The van der Waals surface area contributed by atoms with Gasteiger partial charge >= 0.3 is 12.6 Å². The molecule has 0 bridgehead atoms. The van der Waals surface area contributed by atoms with E-state index in [0.717, 1.165) is 0 Å². The van der Waals surface area contributed by atoms with Crippen LogP contribution in [0, 0.1) is 5.41 Å². The summed E-state index contributed by atoms with van der Waals surface area (Å²) in [6.45, 7) is -2.91. The van der Waals surface area contributed by atoms with E-state index in [0.29, 0.717) is 0 Å². The average molecular weight is 329 g/mol. The Labute approximate surface area is 131 Å². The number of alkyl halides is 2. The molecule has 1 aromatic rings. The lowest BCUT2D eigenvalue weighted by atomic mass is 9.88. The molecule has 1 aliphatic heterocycles. The van der Waals surface area contributed by atoms with Crippen molar-refractivity contribution in [1.82, 2.24) is 4.90 Å². The molecule has 6 nitrogen and oxygen atoms in total. The first kappa shape index (κ1) is 17.1. The van der Waals surface area contributed by atoms with Crippen molar-refractivity contribution in [3.8, 4) is 5.75 Å². The fourth-order valence-corrected chi connectivity index (χ4v) is 2.69. The summed E-state index contributed by atoms with van der Waals surface area (Å²) in [5.41, 5.74) is -1.20. The molecule has 1 unspecified atom stereocenters. The highest BCUT2D eigenvalue weighted by molar-refractivity contribution is 5.97. The summed E-state index contributed by atoms with van der Waals surface area (Å²) in [4.78, 5) is 25.3. The first-order valence-electron chi connectivity index (χ1n) is 6.95. The predicted octanol–water partition coefficient (Wildman–Crippen LogP) is 1.85. The van der Waals surface area contributed by atoms with Gasteiger partial charge in [-0.3, -0.25) is 9.59 Å². The molecule has 0 spiro atoms. The molecule has 0 aromatic heterocycles. The van der Waals surface area contributed by atoms with Gasteiger partial charge in [-0.25, -0.2) is 0 Å². The second-order valence-corrected chi connectivity index (χ2v) is 5.37. The van der Waals surface area contributed by atoms with Gasteiger partial charge in [0, 0.05) is 20.2 Å². The number of carboxylic acids is 1. The van der Waals surface area contributed by atoms with Crippen molar-refractivity contribution in [2.75, 3.05) is 26.8 Å². The predicted molar refractivity (Wildman–Crippen MR) is 75.5 cm³/mol. The molecule has 1 aliphatic rings. The number of para-hydroxylation sites is 1. The van der Waals surface area contributed by atoms with Crippen LogP contribution in [0.4, 0.5) is 8.78 Å². The number of carbonyl (C=O) groups excluding carboxylic acids is 1. The number of benzene rings is 1. The van der Waals surface area contributed by atoms with Crippen LogP contribution < -0.4 is 4.74 Å². The number of nitrogens with zero attached hydrogens (tertiary/aromatic N) is 1. The third kappa shape index (κ3) is 3.58. The maximum atomic E-state index is 12.5. The number of likely N-dealkylation sites (tertiary alicyclic amines) is 1. The molecule has 0 saturated carbocycles. The number of hydrogen-bond donors (Lipinski definition) is 1. The Morgan fingerprint density at radius 2 is 2.09 bits per heavy atom. The van der Waals surface area contributed by atoms with E-state index in [1.807, 2.05) is 0 Å². The number of carbonyl (C=O) groups is 2. The Hall–Kier alpha value is -2.22. The van der Waals surface area contributed by atoms with E-state index in [9.17, 15) is 23.5 Å². The van der Waals surface area contributed by atoms with Gasteiger partial charge in [0.2, 0.25) is 0 Å². The molecule has 1 atom stereocenters. The van der Waals surface area contributed by atoms with Crippen molar-refractivity contribution in [3.05, 3.63) is 29.8 Å². The topological polar surface area (TPSA) is 76.1 Å². The first-order valence-corrected chi connectivity index (χ1v) is 6.95. The van der Waals surface area contributed by atoms with Gasteiger partial charge in [-0.1, -0.05) is 12.1 Å². The van der Waals surface area contributed by atoms with Crippen LogP contribution in [0.15, 0.2) is 24.3 Å². The summed E-state index contributed by atoms with van der Waals surface area (Å²) in [7, 11) is 1.39. The molecule has 1 saturated heterocycles. The lowest BCUT2D eigenvalue weighted by Gasteiger charge is -2.24. The highest BCUT2D eigenvalue weighted by atomic mass is 19.3. The minimum atomic E-state index is -3.05. The van der Waals surface area contributed by atoms with Gasteiger partial charge < -0.3 is 19.5 Å². The Morgan fingerprint density at radius 1 is 1.39 bits per heavy atom. The molecule has 8 heteroatoms. The van der Waals surface area contributed by atoms with Crippen LogP contribution in [0.3, 0.4) is 0 Å². The summed E-state index contributed by atoms with van der Waals surface area (Å²) in [5, 5.41) is 9.40. The van der Waals surface area contributed by atoms with E-state index >= 15 is 0 Å². The van der Waals surface area contributed by atoms with Crippen LogP contribution in [0.2, 0.25) is 0 Å². The minimum absolute atomic E-state index is 0.0218. The van der Waals surface area contributed by atoms with E-state index in [4.69, 9.17) is 4.74 Å². The second kappa shape index (κ2) is 6.91. The van der Waals surface area contributed by atoms with Gasteiger partial charge in [0.25, 0.3) is 5.91 Å².